The van der Waals surface area contributed by atoms with Crippen LogP contribution >= 0.6 is 0 Å². The van der Waals surface area contributed by atoms with Crippen LogP contribution in [-0.2, 0) is 19.4 Å². The van der Waals surface area contributed by atoms with E-state index < -0.39 is 6.10 Å². The van der Waals surface area contributed by atoms with E-state index in [0.717, 1.165) is 24.5 Å². The first-order valence-corrected chi connectivity index (χ1v) is 7.11. The van der Waals surface area contributed by atoms with E-state index in [1.54, 1.807) is 4.68 Å². The predicted octanol–water partition coefficient (Wildman–Crippen LogP) is 1.98. The molecule has 0 radical (unpaired) electrons. The first-order chi connectivity index (χ1) is 10.1. The van der Waals surface area contributed by atoms with E-state index in [0.29, 0.717) is 12.3 Å². The van der Waals surface area contributed by atoms with Crippen molar-refractivity contribution in [2.75, 3.05) is 6.61 Å². The maximum Gasteiger partial charge on any atom is 0.150 e. The Kier molecular flexibility index (Phi) is 5.27. The Morgan fingerprint density at radius 3 is 2.57 bits per heavy atom. The molecule has 6 heteroatoms. The lowest BCUT2D eigenvalue weighted by molar-refractivity contribution is 0.0883. The van der Waals surface area contributed by atoms with E-state index in [2.05, 4.69) is 10.1 Å². The van der Waals surface area contributed by atoms with Crippen LogP contribution < -0.4 is 4.74 Å². The number of aryl methyl sites for hydroxylation is 2. The number of benzene rings is 1. The topological polar surface area (TPSA) is 60.2 Å². The van der Waals surface area contributed by atoms with Crippen molar-refractivity contribution in [1.29, 1.82) is 0 Å². The lowest BCUT2D eigenvalue weighted by atomic mass is 10.3. The van der Waals surface area contributed by atoms with Gasteiger partial charge in [0.25, 0.3) is 0 Å². The summed E-state index contributed by atoms with van der Waals surface area (Å²) in [5.41, 5.74) is 0. The summed E-state index contributed by atoms with van der Waals surface area (Å²) in [6, 6.07) is 5.71. The molecule has 0 aliphatic carbocycles. The monoisotopic (exact) mass is 293 g/mol. The van der Waals surface area contributed by atoms with E-state index in [1.807, 2.05) is 13.8 Å². The number of rotatable bonds is 7. The van der Waals surface area contributed by atoms with Crippen LogP contribution in [0.4, 0.5) is 4.39 Å². The summed E-state index contributed by atoms with van der Waals surface area (Å²) in [6.45, 7) is 4.45. The molecule has 0 spiro atoms. The van der Waals surface area contributed by atoms with Crippen molar-refractivity contribution < 1.29 is 14.2 Å². The molecule has 0 aliphatic rings. The maximum atomic E-state index is 12.8. The Bertz CT molecular complexity index is 569. The van der Waals surface area contributed by atoms with Crippen molar-refractivity contribution in [3.05, 3.63) is 41.7 Å². The molecule has 1 heterocycles. The number of aliphatic hydroxyl groups is 1. The fourth-order valence-electron chi connectivity index (χ4n) is 1.96. The predicted molar refractivity (Wildman–Crippen MR) is 76.7 cm³/mol. The maximum absolute atomic E-state index is 12.8. The third kappa shape index (κ3) is 4.26. The van der Waals surface area contributed by atoms with Gasteiger partial charge in [-0.05, 0) is 24.3 Å². The van der Waals surface area contributed by atoms with E-state index in [-0.39, 0.29) is 12.4 Å². The number of hydrogen-bond acceptors (Lipinski definition) is 4. The van der Waals surface area contributed by atoms with Gasteiger partial charge in [-0.2, -0.15) is 5.10 Å². The number of halogens is 1. The smallest absolute Gasteiger partial charge is 0.150 e. The summed E-state index contributed by atoms with van der Waals surface area (Å²) in [5, 5.41) is 14.4. The molecule has 1 unspecified atom stereocenters. The summed E-state index contributed by atoms with van der Waals surface area (Å²) < 4.78 is 19.9. The van der Waals surface area contributed by atoms with Crippen LogP contribution in [0.15, 0.2) is 24.3 Å². The van der Waals surface area contributed by atoms with Crippen LogP contribution in [0.5, 0.6) is 5.75 Å². The first kappa shape index (κ1) is 15.4. The van der Waals surface area contributed by atoms with E-state index in [9.17, 15) is 9.50 Å². The minimum absolute atomic E-state index is 0.121. The van der Waals surface area contributed by atoms with Crippen LogP contribution in [-0.4, -0.2) is 32.6 Å². The first-order valence-electron chi connectivity index (χ1n) is 7.11. The standard InChI is InChI=1S/C15H20FN3O2/c1-3-14-17-15(4-2)19(18-14)9-12(20)10-21-13-7-5-11(16)6-8-13/h5-8,12,20H,3-4,9-10H2,1-2H3. The molecule has 2 aromatic rings. The van der Waals surface area contributed by atoms with Gasteiger partial charge in [-0.25, -0.2) is 14.1 Å². The van der Waals surface area contributed by atoms with Crippen molar-refractivity contribution in [3.8, 4) is 5.75 Å². The van der Waals surface area contributed by atoms with Crippen LogP contribution in [0, 0.1) is 5.82 Å². The molecule has 0 amide bonds. The minimum Gasteiger partial charge on any atom is -0.491 e. The molecule has 1 aromatic heterocycles. The van der Waals surface area contributed by atoms with Crippen LogP contribution in [0.25, 0.3) is 0 Å². The second-order valence-corrected chi connectivity index (χ2v) is 4.75. The Hall–Kier alpha value is -1.95. The summed E-state index contributed by atoms with van der Waals surface area (Å²) in [7, 11) is 0. The van der Waals surface area contributed by atoms with Crippen molar-refractivity contribution in [2.45, 2.75) is 39.3 Å². The number of aromatic nitrogens is 3. The quantitative estimate of drug-likeness (QED) is 0.848. The average molecular weight is 293 g/mol. The van der Waals surface area contributed by atoms with Gasteiger partial charge < -0.3 is 9.84 Å². The highest BCUT2D eigenvalue weighted by atomic mass is 19.1. The van der Waals surface area contributed by atoms with Gasteiger partial charge in [0.15, 0.2) is 5.82 Å². The Morgan fingerprint density at radius 1 is 1.24 bits per heavy atom. The fraction of sp³-hybridized carbons (Fsp3) is 0.467. The number of hydrogen-bond donors (Lipinski definition) is 1. The molecule has 1 N–H and O–H groups in total. The van der Waals surface area contributed by atoms with Crippen molar-refractivity contribution >= 4 is 0 Å². The Balaban J connectivity index is 1.90. The molecule has 1 aromatic carbocycles. The van der Waals surface area contributed by atoms with Gasteiger partial charge in [0.1, 0.15) is 30.1 Å². The van der Waals surface area contributed by atoms with Gasteiger partial charge in [0.2, 0.25) is 0 Å². The van der Waals surface area contributed by atoms with E-state index in [1.165, 1.54) is 24.3 Å². The van der Waals surface area contributed by atoms with Crippen LogP contribution in [0.1, 0.15) is 25.5 Å². The number of nitrogens with zero attached hydrogens (tertiary/aromatic N) is 3. The molecule has 0 aliphatic heterocycles. The lowest BCUT2D eigenvalue weighted by Gasteiger charge is -2.13. The van der Waals surface area contributed by atoms with Gasteiger partial charge in [-0.3, -0.25) is 0 Å². The SMILES string of the molecule is CCc1nc(CC)n(CC(O)COc2ccc(F)cc2)n1. The van der Waals surface area contributed by atoms with Crippen molar-refractivity contribution in [2.24, 2.45) is 0 Å². The zero-order valence-corrected chi connectivity index (χ0v) is 12.3. The third-order valence-electron chi connectivity index (χ3n) is 3.06. The number of ether oxygens (including phenoxy) is 1. The van der Waals surface area contributed by atoms with Crippen molar-refractivity contribution in [3.63, 3.8) is 0 Å². The fourth-order valence-corrected chi connectivity index (χ4v) is 1.96. The Morgan fingerprint density at radius 2 is 1.95 bits per heavy atom. The van der Waals surface area contributed by atoms with Gasteiger partial charge in [0, 0.05) is 12.8 Å². The molecule has 21 heavy (non-hydrogen) atoms. The van der Waals surface area contributed by atoms with Crippen molar-refractivity contribution in [1.82, 2.24) is 14.8 Å². The molecular formula is C15H20FN3O2. The second-order valence-electron chi connectivity index (χ2n) is 4.75. The van der Waals surface area contributed by atoms with E-state index in [4.69, 9.17) is 4.74 Å². The van der Waals surface area contributed by atoms with Crippen LogP contribution in [0.3, 0.4) is 0 Å². The molecule has 5 nitrogen and oxygen atoms in total. The normalized spacial score (nSPS) is 12.4. The summed E-state index contributed by atoms with van der Waals surface area (Å²) >= 11 is 0. The minimum atomic E-state index is -0.702. The summed E-state index contributed by atoms with van der Waals surface area (Å²) in [5.74, 6) is 1.84. The molecular weight excluding hydrogens is 273 g/mol. The summed E-state index contributed by atoms with van der Waals surface area (Å²) in [6.07, 6.45) is 0.826. The highest BCUT2D eigenvalue weighted by molar-refractivity contribution is 5.22. The second kappa shape index (κ2) is 7.17. The molecule has 0 bridgehead atoms. The number of aliphatic hydroxyl groups excluding tert-OH is 1. The molecule has 1 atom stereocenters. The zero-order valence-electron chi connectivity index (χ0n) is 12.3. The van der Waals surface area contributed by atoms with Gasteiger partial charge >= 0.3 is 0 Å². The van der Waals surface area contributed by atoms with Gasteiger partial charge in [-0.1, -0.05) is 13.8 Å². The zero-order chi connectivity index (χ0) is 15.2. The lowest BCUT2D eigenvalue weighted by Crippen LogP contribution is -2.25. The van der Waals surface area contributed by atoms with Crippen LogP contribution in [0.2, 0.25) is 0 Å². The van der Waals surface area contributed by atoms with E-state index >= 15 is 0 Å². The highest BCUT2D eigenvalue weighted by Crippen LogP contribution is 2.11. The third-order valence-corrected chi connectivity index (χ3v) is 3.06. The molecule has 0 saturated heterocycles. The molecule has 114 valence electrons. The Labute approximate surface area is 123 Å². The molecule has 2 rings (SSSR count). The molecule has 0 fully saturated rings. The largest absolute Gasteiger partial charge is 0.491 e. The molecule has 0 saturated carbocycles. The van der Waals surface area contributed by atoms with Gasteiger partial charge in [-0.15, -0.1) is 0 Å². The highest BCUT2D eigenvalue weighted by Gasteiger charge is 2.12. The van der Waals surface area contributed by atoms with Gasteiger partial charge in [0.05, 0.1) is 6.54 Å². The summed E-state index contributed by atoms with van der Waals surface area (Å²) in [4.78, 5) is 4.39. The average Bonchev–Trinajstić information content (AvgIpc) is 2.89.